The second kappa shape index (κ2) is 9.05. The molecule has 0 aliphatic carbocycles. The van der Waals surface area contributed by atoms with Crippen molar-refractivity contribution in [2.24, 2.45) is 0 Å². The maximum Gasteiger partial charge on any atom is 0.167 e. The summed E-state index contributed by atoms with van der Waals surface area (Å²) in [5.74, 6) is 1.57. The van der Waals surface area contributed by atoms with Gasteiger partial charge in [0.25, 0.3) is 0 Å². The Hall–Kier alpha value is -3.30. The summed E-state index contributed by atoms with van der Waals surface area (Å²) in [6, 6.07) is 14.3. The minimum absolute atomic E-state index is 0.0307. The van der Waals surface area contributed by atoms with Crippen molar-refractivity contribution in [3.05, 3.63) is 71.0 Å². The molecule has 2 atom stereocenters. The van der Waals surface area contributed by atoms with E-state index >= 15 is 0 Å². The summed E-state index contributed by atoms with van der Waals surface area (Å²) in [6.07, 6.45) is 6.56. The Morgan fingerprint density at radius 2 is 1.94 bits per heavy atom. The van der Waals surface area contributed by atoms with Gasteiger partial charge in [0, 0.05) is 16.8 Å². The average molecular weight is 532 g/mol. The molecule has 1 N–H and O–H groups in total. The van der Waals surface area contributed by atoms with Crippen LogP contribution in [0.1, 0.15) is 49.8 Å². The van der Waals surface area contributed by atoms with Gasteiger partial charge in [-0.2, -0.15) is 0 Å². The molecule has 0 radical (unpaired) electrons. The van der Waals surface area contributed by atoms with E-state index in [0.29, 0.717) is 5.82 Å². The summed E-state index contributed by atoms with van der Waals surface area (Å²) in [5.41, 5.74) is 5.70. The number of aryl methyl sites for hydroxylation is 1. The van der Waals surface area contributed by atoms with Crippen LogP contribution in [0, 0.1) is 6.92 Å². The molecule has 2 aromatic carbocycles. The number of aromatic nitrogens is 6. The standard InChI is InChI=1S/C26H26BrN7O/c1-16-11-12-19-23(21(16)27)34(18-8-4-3-5-9-18)25(32-19)17(2)31-24-22-26(29-14-28-24)33(15-30-22)20-10-6-7-13-35-20/h3-5,8-9,11-12,14-15,17,20H,6-7,10,13H2,1-2H3,(H,28,29,31)/t17-,20?/m0/s1. The number of anilines is 1. The first-order chi connectivity index (χ1) is 17.1. The smallest absolute Gasteiger partial charge is 0.167 e. The summed E-state index contributed by atoms with van der Waals surface area (Å²) in [4.78, 5) is 18.7. The van der Waals surface area contributed by atoms with Crippen LogP contribution >= 0.6 is 15.9 Å². The van der Waals surface area contributed by atoms with E-state index in [2.05, 4.69) is 78.9 Å². The van der Waals surface area contributed by atoms with Gasteiger partial charge in [-0.3, -0.25) is 9.13 Å². The van der Waals surface area contributed by atoms with Gasteiger partial charge in [0.15, 0.2) is 17.0 Å². The molecule has 0 spiro atoms. The minimum atomic E-state index is -0.149. The zero-order valence-corrected chi connectivity index (χ0v) is 21.2. The SMILES string of the molecule is Cc1ccc2nc([C@H](C)Nc3ncnc4c3ncn4C3CCCCO3)n(-c3ccccc3)c2c1Br. The van der Waals surface area contributed by atoms with E-state index < -0.39 is 0 Å². The first-order valence-electron chi connectivity index (χ1n) is 11.9. The highest BCUT2D eigenvalue weighted by Crippen LogP contribution is 2.34. The molecule has 9 heteroatoms. The molecule has 1 fully saturated rings. The molecule has 0 bridgehead atoms. The lowest BCUT2D eigenvalue weighted by atomic mass is 10.2. The number of nitrogens with one attached hydrogen (secondary N) is 1. The van der Waals surface area contributed by atoms with Gasteiger partial charge in [0.1, 0.15) is 18.4 Å². The van der Waals surface area contributed by atoms with E-state index in [1.165, 1.54) is 0 Å². The van der Waals surface area contributed by atoms with Gasteiger partial charge in [0.05, 0.1) is 23.4 Å². The number of imidazole rings is 2. The zero-order chi connectivity index (χ0) is 23.9. The molecule has 1 aliphatic heterocycles. The molecule has 0 amide bonds. The fourth-order valence-corrected chi connectivity index (χ4v) is 5.27. The molecule has 6 rings (SSSR count). The molecule has 1 unspecified atom stereocenters. The van der Waals surface area contributed by atoms with Crippen molar-refractivity contribution in [3.63, 3.8) is 0 Å². The quantitative estimate of drug-likeness (QED) is 0.294. The van der Waals surface area contributed by atoms with Crippen molar-refractivity contribution in [1.82, 2.24) is 29.1 Å². The summed E-state index contributed by atoms with van der Waals surface area (Å²) in [7, 11) is 0. The zero-order valence-electron chi connectivity index (χ0n) is 19.6. The summed E-state index contributed by atoms with van der Waals surface area (Å²) in [5, 5.41) is 3.56. The largest absolute Gasteiger partial charge is 0.358 e. The third-order valence-electron chi connectivity index (χ3n) is 6.56. The number of ether oxygens (including phenoxy) is 1. The van der Waals surface area contributed by atoms with Gasteiger partial charge in [-0.15, -0.1) is 0 Å². The third kappa shape index (κ3) is 3.88. The van der Waals surface area contributed by atoms with E-state index in [1.54, 1.807) is 6.33 Å². The second-order valence-electron chi connectivity index (χ2n) is 8.94. The topological polar surface area (TPSA) is 82.7 Å². The van der Waals surface area contributed by atoms with Crippen LogP contribution in [0.3, 0.4) is 0 Å². The molecule has 178 valence electrons. The fraction of sp³-hybridized carbons (Fsp3) is 0.308. The number of hydrogen-bond donors (Lipinski definition) is 1. The lowest BCUT2D eigenvalue weighted by Crippen LogP contribution is -2.18. The van der Waals surface area contributed by atoms with Crippen LogP contribution in [0.25, 0.3) is 27.9 Å². The molecular weight excluding hydrogens is 506 g/mol. The first-order valence-corrected chi connectivity index (χ1v) is 12.7. The highest BCUT2D eigenvalue weighted by Gasteiger charge is 2.23. The van der Waals surface area contributed by atoms with Crippen LogP contribution in [0.2, 0.25) is 0 Å². The highest BCUT2D eigenvalue weighted by molar-refractivity contribution is 9.10. The second-order valence-corrected chi connectivity index (χ2v) is 9.73. The monoisotopic (exact) mass is 531 g/mol. The maximum atomic E-state index is 5.96. The Bertz CT molecular complexity index is 1510. The summed E-state index contributed by atoms with van der Waals surface area (Å²) < 4.78 is 11.2. The fourth-order valence-electron chi connectivity index (χ4n) is 4.76. The molecule has 0 saturated carbocycles. The Morgan fingerprint density at radius 1 is 1.09 bits per heavy atom. The molecular formula is C26H26BrN7O. The van der Waals surface area contributed by atoms with Crippen LogP contribution in [-0.4, -0.2) is 35.7 Å². The molecule has 1 aliphatic rings. The van der Waals surface area contributed by atoms with E-state index in [9.17, 15) is 0 Å². The lowest BCUT2D eigenvalue weighted by Gasteiger charge is -2.23. The first kappa shape index (κ1) is 22.2. The molecule has 8 nitrogen and oxygen atoms in total. The number of para-hydroxylation sites is 1. The van der Waals surface area contributed by atoms with Crippen molar-refractivity contribution in [2.75, 3.05) is 11.9 Å². The predicted octanol–water partition coefficient (Wildman–Crippen LogP) is 6.11. The van der Waals surface area contributed by atoms with Crippen LogP contribution in [-0.2, 0) is 4.74 Å². The van der Waals surface area contributed by atoms with E-state index in [4.69, 9.17) is 9.72 Å². The van der Waals surface area contributed by atoms with Crippen molar-refractivity contribution in [2.45, 2.75) is 45.4 Å². The van der Waals surface area contributed by atoms with Gasteiger partial charge >= 0.3 is 0 Å². The lowest BCUT2D eigenvalue weighted by molar-refractivity contribution is -0.0298. The van der Waals surface area contributed by atoms with Gasteiger partial charge in [-0.05, 0) is 72.8 Å². The minimum Gasteiger partial charge on any atom is -0.358 e. The number of benzene rings is 2. The number of nitrogens with zero attached hydrogens (tertiary/aromatic N) is 6. The van der Waals surface area contributed by atoms with Gasteiger partial charge < -0.3 is 10.1 Å². The Labute approximate surface area is 211 Å². The summed E-state index contributed by atoms with van der Waals surface area (Å²) >= 11 is 3.80. The van der Waals surface area contributed by atoms with Gasteiger partial charge in [-0.25, -0.2) is 19.9 Å². The number of fused-ring (bicyclic) bond motifs is 2. The van der Waals surface area contributed by atoms with Crippen molar-refractivity contribution in [1.29, 1.82) is 0 Å². The maximum absolute atomic E-state index is 5.96. The van der Waals surface area contributed by atoms with E-state index in [0.717, 1.165) is 69.6 Å². The molecule has 1 saturated heterocycles. The van der Waals surface area contributed by atoms with Crippen molar-refractivity contribution < 1.29 is 4.74 Å². The van der Waals surface area contributed by atoms with Crippen molar-refractivity contribution >= 4 is 43.9 Å². The van der Waals surface area contributed by atoms with Crippen LogP contribution in [0.4, 0.5) is 5.82 Å². The molecule has 4 heterocycles. The number of rotatable bonds is 5. The molecule has 3 aromatic heterocycles. The third-order valence-corrected chi connectivity index (χ3v) is 7.56. The van der Waals surface area contributed by atoms with E-state index in [1.807, 2.05) is 29.1 Å². The van der Waals surface area contributed by atoms with Crippen LogP contribution in [0.15, 0.2) is 59.6 Å². The van der Waals surface area contributed by atoms with E-state index in [-0.39, 0.29) is 12.3 Å². The highest BCUT2D eigenvalue weighted by atomic mass is 79.9. The predicted molar refractivity (Wildman–Crippen MR) is 140 cm³/mol. The van der Waals surface area contributed by atoms with Crippen molar-refractivity contribution in [3.8, 4) is 5.69 Å². The van der Waals surface area contributed by atoms with Crippen LogP contribution < -0.4 is 5.32 Å². The average Bonchev–Trinajstić information content (AvgIpc) is 3.50. The number of halogens is 1. The molecule has 5 aromatic rings. The normalized spacial score (nSPS) is 17.2. The molecule has 35 heavy (non-hydrogen) atoms. The van der Waals surface area contributed by atoms with Gasteiger partial charge in [-0.1, -0.05) is 24.3 Å². The summed E-state index contributed by atoms with van der Waals surface area (Å²) in [6.45, 7) is 4.95. The Morgan fingerprint density at radius 3 is 2.74 bits per heavy atom. The van der Waals surface area contributed by atoms with Crippen LogP contribution in [0.5, 0.6) is 0 Å². The Kier molecular flexibility index (Phi) is 5.74. The Balaban J connectivity index is 1.42. The van der Waals surface area contributed by atoms with Gasteiger partial charge in [0.2, 0.25) is 0 Å². The number of hydrogen-bond acceptors (Lipinski definition) is 6.